The van der Waals surface area contributed by atoms with Crippen molar-refractivity contribution in [1.29, 1.82) is 5.26 Å². The lowest BCUT2D eigenvalue weighted by molar-refractivity contribution is 0.509. The van der Waals surface area contributed by atoms with Crippen molar-refractivity contribution >= 4 is 0 Å². The van der Waals surface area contributed by atoms with Crippen LogP contribution in [0.2, 0.25) is 0 Å². The number of rotatable bonds is 2. The van der Waals surface area contributed by atoms with Crippen LogP contribution in [0, 0.1) is 36.8 Å². The van der Waals surface area contributed by atoms with Crippen molar-refractivity contribution in [3.8, 4) is 23.0 Å². The van der Waals surface area contributed by atoms with Gasteiger partial charge in [0.1, 0.15) is 11.8 Å². The molecular formula is C17H12F2N4. The van der Waals surface area contributed by atoms with Crippen LogP contribution in [0.4, 0.5) is 8.78 Å². The Kier molecular flexibility index (Phi) is 3.62. The molecule has 6 heteroatoms. The number of aromatic nitrogens is 3. The summed E-state index contributed by atoms with van der Waals surface area (Å²) in [5.74, 6) is -1.93. The summed E-state index contributed by atoms with van der Waals surface area (Å²) < 4.78 is 28.2. The number of benzene rings is 2. The lowest BCUT2D eigenvalue weighted by Gasteiger charge is -2.10. The van der Waals surface area contributed by atoms with E-state index in [0.29, 0.717) is 11.3 Å². The van der Waals surface area contributed by atoms with E-state index in [4.69, 9.17) is 0 Å². The molecule has 0 N–H and O–H groups in total. The molecule has 0 aliphatic heterocycles. The molecule has 0 fully saturated rings. The van der Waals surface area contributed by atoms with Gasteiger partial charge in [-0.3, -0.25) is 0 Å². The van der Waals surface area contributed by atoms with Gasteiger partial charge in [0.05, 0.1) is 5.69 Å². The number of nitriles is 1. The zero-order valence-electron chi connectivity index (χ0n) is 12.5. The molecule has 0 saturated carbocycles. The molecule has 0 atom stereocenters. The van der Waals surface area contributed by atoms with Crippen molar-refractivity contribution in [2.45, 2.75) is 13.8 Å². The summed E-state index contributed by atoms with van der Waals surface area (Å²) in [5, 5.41) is 17.1. The van der Waals surface area contributed by atoms with Crippen LogP contribution in [-0.4, -0.2) is 15.0 Å². The maximum Gasteiger partial charge on any atom is 0.191 e. The van der Waals surface area contributed by atoms with Gasteiger partial charge in [0, 0.05) is 5.56 Å². The number of hydrogen-bond donors (Lipinski definition) is 0. The van der Waals surface area contributed by atoms with Crippen LogP contribution in [0.25, 0.3) is 16.9 Å². The van der Waals surface area contributed by atoms with E-state index in [1.54, 1.807) is 0 Å². The van der Waals surface area contributed by atoms with Crippen LogP contribution in [0.3, 0.4) is 0 Å². The number of aryl methyl sites for hydroxylation is 2. The van der Waals surface area contributed by atoms with Gasteiger partial charge < -0.3 is 0 Å². The quantitative estimate of drug-likeness (QED) is 0.725. The lowest BCUT2D eigenvalue weighted by atomic mass is 10.1. The second kappa shape index (κ2) is 5.61. The van der Waals surface area contributed by atoms with E-state index in [9.17, 15) is 14.0 Å². The molecule has 3 rings (SSSR count). The molecule has 114 valence electrons. The number of nitrogens with zero attached hydrogens (tertiary/aromatic N) is 4. The molecule has 0 aliphatic carbocycles. The van der Waals surface area contributed by atoms with Crippen LogP contribution < -0.4 is 0 Å². The van der Waals surface area contributed by atoms with Crippen LogP contribution >= 0.6 is 0 Å². The summed E-state index contributed by atoms with van der Waals surface area (Å²) in [6, 6.07) is 11.1. The van der Waals surface area contributed by atoms with Gasteiger partial charge in [-0.05, 0) is 43.7 Å². The molecule has 1 heterocycles. The van der Waals surface area contributed by atoms with E-state index in [1.807, 2.05) is 38.1 Å². The third kappa shape index (κ3) is 2.57. The summed E-state index contributed by atoms with van der Waals surface area (Å²) in [5.41, 5.74) is 3.47. The zero-order chi connectivity index (χ0) is 16.6. The van der Waals surface area contributed by atoms with Gasteiger partial charge in [-0.25, -0.2) is 13.5 Å². The van der Waals surface area contributed by atoms with Crippen molar-refractivity contribution in [3.63, 3.8) is 0 Å². The summed E-state index contributed by atoms with van der Waals surface area (Å²) in [6.07, 6.45) is 0. The van der Waals surface area contributed by atoms with E-state index < -0.39 is 11.6 Å². The topological polar surface area (TPSA) is 54.5 Å². The van der Waals surface area contributed by atoms with E-state index in [-0.39, 0.29) is 5.69 Å². The normalized spacial score (nSPS) is 10.6. The minimum Gasteiger partial charge on any atom is -0.211 e. The van der Waals surface area contributed by atoms with Gasteiger partial charge in [-0.1, -0.05) is 22.9 Å². The average molecular weight is 310 g/mol. The minimum atomic E-state index is -0.986. The standard InChI is InChI=1S/C17H12F2N4/c1-10-3-6-16(11(2)7-10)23-17(15(9-20)21-22-23)12-4-5-13(18)14(19)8-12/h3-8H,1-2H3. The second-order valence-electron chi connectivity index (χ2n) is 5.23. The Morgan fingerprint density at radius 2 is 1.83 bits per heavy atom. The summed E-state index contributed by atoms with van der Waals surface area (Å²) in [6.45, 7) is 3.88. The highest BCUT2D eigenvalue weighted by atomic mass is 19.2. The fourth-order valence-electron chi connectivity index (χ4n) is 2.47. The first-order valence-electron chi connectivity index (χ1n) is 6.90. The van der Waals surface area contributed by atoms with Gasteiger partial charge in [0.25, 0.3) is 0 Å². The molecule has 0 saturated heterocycles. The van der Waals surface area contributed by atoms with Gasteiger partial charge in [-0.15, -0.1) is 5.10 Å². The molecule has 0 radical (unpaired) electrons. The van der Waals surface area contributed by atoms with Crippen molar-refractivity contribution in [2.75, 3.05) is 0 Å². The van der Waals surface area contributed by atoms with Crippen molar-refractivity contribution in [3.05, 3.63) is 64.9 Å². The Hall–Kier alpha value is -3.07. The maximum atomic E-state index is 13.6. The lowest BCUT2D eigenvalue weighted by Crippen LogP contribution is -2.03. The smallest absolute Gasteiger partial charge is 0.191 e. The van der Waals surface area contributed by atoms with Crippen molar-refractivity contribution in [1.82, 2.24) is 15.0 Å². The van der Waals surface area contributed by atoms with Crippen LogP contribution in [0.5, 0.6) is 0 Å². The summed E-state index contributed by atoms with van der Waals surface area (Å²) >= 11 is 0. The Bertz CT molecular complexity index is 938. The van der Waals surface area contributed by atoms with E-state index in [2.05, 4.69) is 10.3 Å². The molecule has 0 spiro atoms. The molecule has 0 amide bonds. The van der Waals surface area contributed by atoms with E-state index in [0.717, 1.165) is 28.9 Å². The Labute approximate surface area is 131 Å². The SMILES string of the molecule is Cc1ccc(-n2nnc(C#N)c2-c2ccc(F)c(F)c2)c(C)c1. The number of hydrogen-bond acceptors (Lipinski definition) is 3. The maximum absolute atomic E-state index is 13.6. The summed E-state index contributed by atoms with van der Waals surface area (Å²) in [4.78, 5) is 0. The second-order valence-corrected chi connectivity index (χ2v) is 5.23. The molecule has 23 heavy (non-hydrogen) atoms. The predicted molar refractivity (Wildman–Crippen MR) is 80.9 cm³/mol. The predicted octanol–water partition coefficient (Wildman–Crippen LogP) is 3.70. The first kappa shape index (κ1) is 14.9. The Balaban J connectivity index is 2.26. The first-order chi connectivity index (χ1) is 11.0. The fraction of sp³-hybridized carbons (Fsp3) is 0.118. The molecule has 2 aromatic carbocycles. The highest BCUT2D eigenvalue weighted by Gasteiger charge is 2.18. The molecule has 0 aliphatic rings. The third-order valence-corrected chi connectivity index (χ3v) is 3.55. The third-order valence-electron chi connectivity index (χ3n) is 3.55. The monoisotopic (exact) mass is 310 g/mol. The van der Waals surface area contributed by atoms with Crippen LogP contribution in [0.15, 0.2) is 36.4 Å². The fourth-order valence-corrected chi connectivity index (χ4v) is 2.47. The van der Waals surface area contributed by atoms with E-state index in [1.165, 1.54) is 10.7 Å². The zero-order valence-corrected chi connectivity index (χ0v) is 12.5. The van der Waals surface area contributed by atoms with E-state index >= 15 is 0 Å². The highest BCUT2D eigenvalue weighted by molar-refractivity contribution is 5.67. The van der Waals surface area contributed by atoms with Gasteiger partial charge in [0.2, 0.25) is 0 Å². The van der Waals surface area contributed by atoms with Crippen LogP contribution in [0.1, 0.15) is 16.8 Å². The Morgan fingerprint density at radius 1 is 1.04 bits per heavy atom. The van der Waals surface area contributed by atoms with Gasteiger partial charge in [0.15, 0.2) is 17.3 Å². The van der Waals surface area contributed by atoms with Crippen LogP contribution in [-0.2, 0) is 0 Å². The molecule has 4 nitrogen and oxygen atoms in total. The molecular weight excluding hydrogens is 298 g/mol. The highest BCUT2D eigenvalue weighted by Crippen LogP contribution is 2.27. The van der Waals surface area contributed by atoms with Crippen molar-refractivity contribution in [2.24, 2.45) is 0 Å². The molecule has 0 unspecified atom stereocenters. The average Bonchev–Trinajstić information content (AvgIpc) is 2.93. The number of halogens is 2. The van der Waals surface area contributed by atoms with Gasteiger partial charge >= 0.3 is 0 Å². The molecule has 1 aromatic heterocycles. The van der Waals surface area contributed by atoms with Gasteiger partial charge in [-0.2, -0.15) is 5.26 Å². The largest absolute Gasteiger partial charge is 0.211 e. The van der Waals surface area contributed by atoms with Crippen molar-refractivity contribution < 1.29 is 8.78 Å². The minimum absolute atomic E-state index is 0.0518. The molecule has 3 aromatic rings. The summed E-state index contributed by atoms with van der Waals surface area (Å²) in [7, 11) is 0. The Morgan fingerprint density at radius 3 is 2.48 bits per heavy atom. The first-order valence-corrected chi connectivity index (χ1v) is 6.90. The molecule has 0 bridgehead atoms.